The molecule has 0 unspecified atom stereocenters. The third-order valence-corrected chi connectivity index (χ3v) is 8.85. The predicted octanol–water partition coefficient (Wildman–Crippen LogP) is 2.78. The van der Waals surface area contributed by atoms with Gasteiger partial charge in [0.05, 0.1) is 11.0 Å². The lowest BCUT2D eigenvalue weighted by atomic mass is 9.47. The minimum absolute atomic E-state index is 0. The van der Waals surface area contributed by atoms with E-state index in [1.165, 1.54) is 12.8 Å². The van der Waals surface area contributed by atoms with Gasteiger partial charge in [-0.2, -0.15) is 0 Å². The Morgan fingerprint density at radius 2 is 2.09 bits per heavy atom. The summed E-state index contributed by atoms with van der Waals surface area (Å²) in [6.45, 7) is 1.89. The Morgan fingerprint density at radius 3 is 2.85 bits per heavy atom. The minimum atomic E-state index is -0.678. The minimum Gasteiger partial charge on any atom is -0.504 e. The number of amides is 1. The van der Waals surface area contributed by atoms with Crippen LogP contribution in [0.3, 0.4) is 0 Å². The molecule has 178 valence electrons. The molecule has 1 spiro atoms. The molecule has 3 aliphatic carbocycles. The van der Waals surface area contributed by atoms with Gasteiger partial charge in [0, 0.05) is 30.8 Å². The van der Waals surface area contributed by atoms with Crippen LogP contribution in [-0.2, 0) is 16.6 Å². The Morgan fingerprint density at radius 1 is 1.24 bits per heavy atom. The number of aromatic hydroxyl groups is 1. The summed E-state index contributed by atoms with van der Waals surface area (Å²) in [6.07, 6.45) is 5.90. The number of Topliss-reactive ketones (excluding diaryl/α,β-unsaturated/α-hetero) is 1. The molecule has 4 atom stereocenters. The van der Waals surface area contributed by atoms with E-state index in [9.17, 15) is 14.7 Å². The second-order valence-corrected chi connectivity index (χ2v) is 10.4. The molecule has 2 saturated carbocycles. The zero-order valence-electron chi connectivity index (χ0n) is 18.8. The van der Waals surface area contributed by atoms with Crippen LogP contribution in [0.2, 0.25) is 0 Å². The van der Waals surface area contributed by atoms with Gasteiger partial charge in [-0.3, -0.25) is 19.5 Å². The molecule has 1 saturated heterocycles. The van der Waals surface area contributed by atoms with Crippen LogP contribution < -0.4 is 10.1 Å². The molecule has 1 amide bonds. The van der Waals surface area contributed by atoms with Gasteiger partial charge in [0.1, 0.15) is 5.69 Å². The number of benzene rings is 1. The first-order valence-corrected chi connectivity index (χ1v) is 12.1. The van der Waals surface area contributed by atoms with Gasteiger partial charge in [-0.05, 0) is 68.3 Å². The molecule has 2 N–H and O–H groups in total. The fourth-order valence-corrected chi connectivity index (χ4v) is 7.33. The van der Waals surface area contributed by atoms with Crippen LogP contribution in [0.15, 0.2) is 36.5 Å². The Labute approximate surface area is 204 Å². The van der Waals surface area contributed by atoms with Crippen molar-refractivity contribution in [1.82, 2.24) is 15.2 Å². The highest BCUT2D eigenvalue weighted by Gasteiger charge is 2.74. The maximum Gasteiger partial charge on any atom is 0.270 e. The number of piperidine rings is 1. The topological polar surface area (TPSA) is 91.8 Å². The molecule has 3 heterocycles. The second kappa shape index (κ2) is 7.43. The Balaban J connectivity index is 0.00000217. The number of hydrogen-bond donors (Lipinski definition) is 2. The van der Waals surface area contributed by atoms with Crippen LogP contribution in [0.4, 0.5) is 0 Å². The average Bonchev–Trinajstić information content (AvgIpc) is 3.57. The first kappa shape index (κ1) is 21.9. The van der Waals surface area contributed by atoms with Gasteiger partial charge < -0.3 is 15.2 Å². The summed E-state index contributed by atoms with van der Waals surface area (Å²) in [7, 11) is 0. The zero-order valence-corrected chi connectivity index (χ0v) is 19.6. The van der Waals surface area contributed by atoms with E-state index >= 15 is 0 Å². The molecule has 2 aromatic rings. The van der Waals surface area contributed by atoms with Crippen molar-refractivity contribution in [1.29, 1.82) is 0 Å². The number of ketones is 1. The predicted molar refractivity (Wildman–Crippen MR) is 127 cm³/mol. The molecular formula is C26H28ClN3O4. The number of carbonyl (C=O) groups is 2. The van der Waals surface area contributed by atoms with Crippen LogP contribution in [0, 0.1) is 5.92 Å². The van der Waals surface area contributed by atoms with Crippen molar-refractivity contribution in [2.45, 2.75) is 61.6 Å². The molecule has 0 radical (unpaired) electrons. The molecule has 3 fully saturated rings. The number of rotatable bonds is 4. The second-order valence-electron chi connectivity index (χ2n) is 10.4. The normalized spacial score (nSPS) is 32.9. The average molecular weight is 482 g/mol. The van der Waals surface area contributed by atoms with Gasteiger partial charge in [-0.15, -0.1) is 12.4 Å². The van der Waals surface area contributed by atoms with Crippen LogP contribution >= 0.6 is 12.4 Å². The van der Waals surface area contributed by atoms with E-state index in [1.54, 1.807) is 24.4 Å². The van der Waals surface area contributed by atoms with E-state index in [0.29, 0.717) is 24.3 Å². The SMILES string of the molecule is Cl.O=C(N[C@@]12CCC(=O)[C@@H]3Oc4c(O)ccc5c4[C@@]31CCN(CC1CC1)[C@@H]2C5)c1ccccn1. The Bertz CT molecular complexity index is 1190. The lowest BCUT2D eigenvalue weighted by Crippen LogP contribution is -2.82. The van der Waals surface area contributed by atoms with Crippen LogP contribution in [0.1, 0.15) is 53.7 Å². The summed E-state index contributed by atoms with van der Waals surface area (Å²) in [6, 6.07) is 9.09. The highest BCUT2D eigenvalue weighted by Crippen LogP contribution is 2.65. The fraction of sp³-hybridized carbons (Fsp3) is 0.500. The van der Waals surface area contributed by atoms with Gasteiger partial charge in [0.25, 0.3) is 5.91 Å². The number of nitrogens with one attached hydrogen (secondary N) is 1. The molecule has 34 heavy (non-hydrogen) atoms. The highest BCUT2D eigenvalue weighted by molar-refractivity contribution is 5.95. The number of carbonyl (C=O) groups excluding carboxylic acids is 2. The summed E-state index contributed by atoms with van der Waals surface area (Å²) >= 11 is 0. The van der Waals surface area contributed by atoms with E-state index in [-0.39, 0.29) is 35.9 Å². The van der Waals surface area contributed by atoms with Gasteiger partial charge in [0.2, 0.25) is 0 Å². The standard InChI is InChI=1S/C26H27N3O4.ClH/c30-18-7-6-16-13-20-26(28-24(32)17-3-1-2-11-27-17)9-8-19(31)23-25(26,21(16)22(18)33-23)10-12-29(20)14-15-4-5-15;/h1-3,6-7,11,15,20,23,30H,4-5,8-10,12-14H2,(H,28,32);1H/t20-,23+,25+,26-;/m1./s1. The van der Waals surface area contributed by atoms with Crippen molar-refractivity contribution in [3.63, 3.8) is 0 Å². The summed E-state index contributed by atoms with van der Waals surface area (Å²) < 4.78 is 6.28. The van der Waals surface area contributed by atoms with E-state index in [0.717, 1.165) is 43.0 Å². The van der Waals surface area contributed by atoms with Crippen LogP contribution in [-0.4, -0.2) is 57.5 Å². The molecule has 5 aliphatic rings. The number of phenols is 1. The number of pyridine rings is 1. The summed E-state index contributed by atoms with van der Waals surface area (Å²) in [5, 5.41) is 14.1. The Hall–Kier alpha value is -2.64. The third-order valence-electron chi connectivity index (χ3n) is 8.85. The number of aromatic nitrogens is 1. The van der Waals surface area contributed by atoms with Crippen molar-refractivity contribution < 1.29 is 19.4 Å². The van der Waals surface area contributed by atoms with Crippen molar-refractivity contribution in [2.24, 2.45) is 5.92 Å². The van der Waals surface area contributed by atoms with E-state index in [1.807, 2.05) is 12.1 Å². The smallest absolute Gasteiger partial charge is 0.270 e. The summed E-state index contributed by atoms with van der Waals surface area (Å²) in [4.78, 5) is 33.6. The fourth-order valence-electron chi connectivity index (χ4n) is 7.33. The van der Waals surface area contributed by atoms with Crippen molar-refractivity contribution >= 4 is 24.1 Å². The van der Waals surface area contributed by atoms with Crippen molar-refractivity contribution in [3.8, 4) is 11.5 Å². The van der Waals surface area contributed by atoms with E-state index in [4.69, 9.17) is 4.74 Å². The largest absolute Gasteiger partial charge is 0.504 e. The molecular weight excluding hydrogens is 454 g/mol. The van der Waals surface area contributed by atoms with E-state index < -0.39 is 17.1 Å². The van der Waals surface area contributed by atoms with E-state index in [2.05, 4.69) is 15.2 Å². The molecule has 1 aromatic heterocycles. The van der Waals surface area contributed by atoms with Gasteiger partial charge in [-0.25, -0.2) is 0 Å². The molecule has 8 heteroatoms. The molecule has 2 aliphatic heterocycles. The van der Waals surface area contributed by atoms with Gasteiger partial charge in [0.15, 0.2) is 23.4 Å². The maximum atomic E-state index is 13.5. The zero-order chi connectivity index (χ0) is 22.4. The summed E-state index contributed by atoms with van der Waals surface area (Å²) in [5.74, 6) is 1.10. The number of nitrogens with zero attached hydrogens (tertiary/aromatic N) is 2. The van der Waals surface area contributed by atoms with Crippen LogP contribution in [0.25, 0.3) is 0 Å². The van der Waals surface area contributed by atoms with Crippen molar-refractivity contribution in [3.05, 3.63) is 53.3 Å². The van der Waals surface area contributed by atoms with Crippen LogP contribution in [0.5, 0.6) is 11.5 Å². The third kappa shape index (κ3) is 2.71. The molecule has 7 nitrogen and oxygen atoms in total. The first-order valence-electron chi connectivity index (χ1n) is 12.1. The lowest BCUT2D eigenvalue weighted by molar-refractivity contribution is -0.143. The number of likely N-dealkylation sites (tertiary alicyclic amines) is 1. The summed E-state index contributed by atoms with van der Waals surface area (Å²) in [5.41, 5.74) is 1.14. The number of phenolic OH excluding ortho intramolecular Hbond substituents is 1. The first-order chi connectivity index (χ1) is 16.0. The molecule has 1 aromatic carbocycles. The molecule has 2 bridgehead atoms. The monoisotopic (exact) mass is 481 g/mol. The lowest BCUT2D eigenvalue weighted by Gasteiger charge is -2.65. The Kier molecular flexibility index (Phi) is 4.78. The number of ether oxygens (including phenoxy) is 1. The maximum absolute atomic E-state index is 13.5. The number of hydrogen-bond acceptors (Lipinski definition) is 6. The number of halogens is 1. The van der Waals surface area contributed by atoms with Gasteiger partial charge in [-0.1, -0.05) is 12.1 Å². The quantitative estimate of drug-likeness (QED) is 0.697. The molecule has 7 rings (SSSR count). The van der Waals surface area contributed by atoms with Gasteiger partial charge >= 0.3 is 0 Å². The highest BCUT2D eigenvalue weighted by atomic mass is 35.5. The van der Waals surface area contributed by atoms with Crippen molar-refractivity contribution in [2.75, 3.05) is 13.1 Å².